The average Bonchev–Trinajstić information content (AvgIpc) is 2.64. The molecule has 0 unspecified atom stereocenters. The van der Waals surface area contributed by atoms with E-state index in [1.165, 1.54) is 0 Å². The van der Waals surface area contributed by atoms with Gasteiger partial charge in [0.15, 0.2) is 10.9 Å². The predicted octanol–water partition coefficient (Wildman–Crippen LogP) is 2.35. The van der Waals surface area contributed by atoms with E-state index in [1.807, 2.05) is 36.4 Å². The van der Waals surface area contributed by atoms with Crippen molar-refractivity contribution in [1.29, 1.82) is 0 Å². The van der Waals surface area contributed by atoms with Gasteiger partial charge in [-0.2, -0.15) is 0 Å². The molecule has 0 heterocycles. The number of amides is 1. The van der Waals surface area contributed by atoms with E-state index in [0.717, 1.165) is 5.56 Å². The molecule has 2 aromatic carbocycles. The second kappa shape index (κ2) is 9.42. The van der Waals surface area contributed by atoms with Crippen LogP contribution in [0.3, 0.4) is 0 Å². The number of ketones is 1. The van der Waals surface area contributed by atoms with Gasteiger partial charge in [-0.25, -0.2) is 0 Å². The molecular formula is C18H19N3O2S. The van der Waals surface area contributed by atoms with Gasteiger partial charge in [-0.15, -0.1) is 0 Å². The minimum Gasteiger partial charge on any atom is -0.357 e. The van der Waals surface area contributed by atoms with E-state index in [4.69, 9.17) is 12.2 Å². The van der Waals surface area contributed by atoms with E-state index in [9.17, 15) is 9.59 Å². The zero-order valence-corrected chi connectivity index (χ0v) is 13.9. The smallest absolute Gasteiger partial charge is 0.238 e. The minimum absolute atomic E-state index is 0.0597. The minimum atomic E-state index is -0.289. The van der Waals surface area contributed by atoms with Gasteiger partial charge in [-0.1, -0.05) is 60.7 Å². The SMILES string of the molecule is O=C(CCC(=O)c1ccccc1)NNC(=S)NCc1ccccc1. The number of Topliss-reactive ketones (excluding diaryl/α,β-unsaturated/α-hetero) is 1. The van der Waals surface area contributed by atoms with Gasteiger partial charge in [0.2, 0.25) is 5.91 Å². The number of benzene rings is 2. The van der Waals surface area contributed by atoms with Crippen molar-refractivity contribution in [3.05, 3.63) is 71.8 Å². The number of thiocarbonyl (C=S) groups is 1. The number of hydrazine groups is 1. The topological polar surface area (TPSA) is 70.2 Å². The summed E-state index contributed by atoms with van der Waals surface area (Å²) in [7, 11) is 0. The third-order valence-corrected chi connectivity index (χ3v) is 3.53. The van der Waals surface area contributed by atoms with Crippen LogP contribution < -0.4 is 16.2 Å². The molecule has 0 aromatic heterocycles. The highest BCUT2D eigenvalue weighted by Gasteiger charge is 2.09. The van der Waals surface area contributed by atoms with Crippen molar-refractivity contribution in [3.8, 4) is 0 Å². The van der Waals surface area contributed by atoms with Crippen molar-refractivity contribution in [1.82, 2.24) is 16.2 Å². The Hall–Kier alpha value is -2.73. The molecule has 0 bridgehead atoms. The third-order valence-electron chi connectivity index (χ3n) is 3.29. The molecule has 24 heavy (non-hydrogen) atoms. The van der Waals surface area contributed by atoms with Crippen molar-refractivity contribution in [3.63, 3.8) is 0 Å². The summed E-state index contributed by atoms with van der Waals surface area (Å²) in [5, 5.41) is 3.30. The first-order valence-electron chi connectivity index (χ1n) is 7.60. The van der Waals surface area contributed by atoms with Crippen LogP contribution >= 0.6 is 12.2 Å². The Balaban J connectivity index is 1.64. The van der Waals surface area contributed by atoms with Crippen LogP contribution in [0.25, 0.3) is 0 Å². The molecule has 3 N–H and O–H groups in total. The fourth-order valence-electron chi connectivity index (χ4n) is 2.01. The molecule has 0 aliphatic heterocycles. The van der Waals surface area contributed by atoms with Gasteiger partial charge in [0.1, 0.15) is 0 Å². The largest absolute Gasteiger partial charge is 0.357 e. The zero-order chi connectivity index (χ0) is 17.2. The second-order valence-corrected chi connectivity index (χ2v) is 5.54. The molecule has 0 aliphatic carbocycles. The summed E-state index contributed by atoms with van der Waals surface area (Å²) < 4.78 is 0. The van der Waals surface area contributed by atoms with Crippen LogP contribution in [-0.2, 0) is 11.3 Å². The number of carbonyl (C=O) groups is 2. The Kier molecular flexibility index (Phi) is 6.91. The van der Waals surface area contributed by atoms with E-state index < -0.39 is 0 Å². The molecule has 5 nitrogen and oxygen atoms in total. The fourth-order valence-corrected chi connectivity index (χ4v) is 2.13. The number of hydrogen-bond donors (Lipinski definition) is 3. The van der Waals surface area contributed by atoms with Crippen LogP contribution in [0.2, 0.25) is 0 Å². The van der Waals surface area contributed by atoms with E-state index in [1.54, 1.807) is 24.3 Å². The second-order valence-electron chi connectivity index (χ2n) is 5.13. The Morgan fingerprint density at radius 1 is 0.833 bits per heavy atom. The van der Waals surface area contributed by atoms with E-state index in [0.29, 0.717) is 17.2 Å². The summed E-state index contributed by atoms with van der Waals surface area (Å²) in [4.78, 5) is 23.7. The van der Waals surface area contributed by atoms with Crippen LogP contribution in [0.5, 0.6) is 0 Å². The normalized spacial score (nSPS) is 9.83. The van der Waals surface area contributed by atoms with Gasteiger partial charge >= 0.3 is 0 Å². The first-order valence-corrected chi connectivity index (χ1v) is 8.01. The maximum atomic E-state index is 11.9. The lowest BCUT2D eigenvalue weighted by Crippen LogP contribution is -2.46. The fraction of sp³-hybridized carbons (Fsp3) is 0.167. The molecule has 2 aromatic rings. The lowest BCUT2D eigenvalue weighted by Gasteiger charge is -2.11. The molecule has 0 fully saturated rings. The van der Waals surface area contributed by atoms with Gasteiger partial charge in [0.25, 0.3) is 0 Å². The summed E-state index contributed by atoms with van der Waals surface area (Å²) in [6.45, 7) is 0.565. The molecular weight excluding hydrogens is 322 g/mol. The zero-order valence-electron chi connectivity index (χ0n) is 13.1. The Morgan fingerprint density at radius 3 is 2.12 bits per heavy atom. The molecule has 0 spiro atoms. The van der Waals surface area contributed by atoms with Crippen molar-refractivity contribution in [2.45, 2.75) is 19.4 Å². The summed E-state index contributed by atoms with van der Waals surface area (Å²) in [5.74, 6) is -0.348. The van der Waals surface area contributed by atoms with Crippen LogP contribution in [0.4, 0.5) is 0 Å². The number of carbonyl (C=O) groups excluding carboxylic acids is 2. The summed E-state index contributed by atoms with van der Waals surface area (Å²) in [6.07, 6.45) is 0.254. The third kappa shape index (κ3) is 6.18. The highest BCUT2D eigenvalue weighted by atomic mass is 32.1. The summed E-state index contributed by atoms with van der Waals surface area (Å²) >= 11 is 5.08. The molecule has 1 amide bonds. The molecule has 0 saturated heterocycles. The van der Waals surface area contributed by atoms with Gasteiger partial charge in [0, 0.05) is 24.9 Å². The molecule has 6 heteroatoms. The highest BCUT2D eigenvalue weighted by molar-refractivity contribution is 7.80. The predicted molar refractivity (Wildman–Crippen MR) is 97.2 cm³/mol. The van der Waals surface area contributed by atoms with Gasteiger partial charge in [0.05, 0.1) is 0 Å². The van der Waals surface area contributed by atoms with Crippen LogP contribution in [0, 0.1) is 0 Å². The molecule has 0 radical (unpaired) electrons. The van der Waals surface area contributed by atoms with E-state index >= 15 is 0 Å². The van der Waals surface area contributed by atoms with Crippen LogP contribution in [0.15, 0.2) is 60.7 Å². The van der Waals surface area contributed by atoms with Gasteiger partial charge in [-0.05, 0) is 17.8 Å². The van der Waals surface area contributed by atoms with Crippen LogP contribution in [-0.4, -0.2) is 16.8 Å². The van der Waals surface area contributed by atoms with Crippen molar-refractivity contribution >= 4 is 29.0 Å². The first-order chi connectivity index (χ1) is 11.6. The Bertz CT molecular complexity index is 690. The lowest BCUT2D eigenvalue weighted by molar-refractivity contribution is -0.121. The summed E-state index contributed by atoms with van der Waals surface area (Å²) in [5.41, 5.74) is 6.80. The van der Waals surface area contributed by atoms with Crippen molar-refractivity contribution < 1.29 is 9.59 Å². The number of nitrogens with one attached hydrogen (secondary N) is 3. The lowest BCUT2D eigenvalue weighted by atomic mass is 10.1. The maximum Gasteiger partial charge on any atom is 0.238 e. The monoisotopic (exact) mass is 341 g/mol. The maximum absolute atomic E-state index is 11.9. The molecule has 0 saturated carbocycles. The molecule has 124 valence electrons. The Morgan fingerprint density at radius 2 is 1.46 bits per heavy atom. The van der Waals surface area contributed by atoms with Crippen molar-refractivity contribution in [2.24, 2.45) is 0 Å². The molecule has 0 atom stereocenters. The molecule has 2 rings (SSSR count). The standard InChI is InChI=1S/C18H19N3O2S/c22-16(15-9-5-2-6-10-15)11-12-17(23)20-21-18(24)19-13-14-7-3-1-4-8-14/h1-10H,11-13H2,(H,20,23)(H2,19,21,24). The number of rotatable bonds is 6. The average molecular weight is 341 g/mol. The van der Waals surface area contributed by atoms with E-state index in [-0.39, 0.29) is 24.5 Å². The van der Waals surface area contributed by atoms with Crippen molar-refractivity contribution in [2.75, 3.05) is 0 Å². The summed E-state index contributed by atoms with van der Waals surface area (Å²) in [6, 6.07) is 18.7. The Labute approximate surface area is 146 Å². The van der Waals surface area contributed by atoms with Gasteiger partial charge < -0.3 is 5.32 Å². The quantitative estimate of drug-likeness (QED) is 0.427. The van der Waals surface area contributed by atoms with E-state index in [2.05, 4.69) is 16.2 Å². The molecule has 0 aliphatic rings. The van der Waals surface area contributed by atoms with Crippen LogP contribution in [0.1, 0.15) is 28.8 Å². The number of hydrogen-bond acceptors (Lipinski definition) is 3. The highest BCUT2D eigenvalue weighted by Crippen LogP contribution is 2.04. The first kappa shape index (κ1) is 17.6. The van der Waals surface area contributed by atoms with Gasteiger partial charge in [-0.3, -0.25) is 20.4 Å².